The van der Waals surface area contributed by atoms with E-state index in [1.165, 1.54) is 11.8 Å². The van der Waals surface area contributed by atoms with Crippen LogP contribution < -0.4 is 4.90 Å². The molecule has 2 heterocycles. The lowest BCUT2D eigenvalue weighted by molar-refractivity contribution is 1.23. The number of halogens is 1. The van der Waals surface area contributed by atoms with E-state index in [4.69, 9.17) is 11.6 Å². The Labute approximate surface area is 183 Å². The first kappa shape index (κ1) is 18.6. The molecule has 144 valence electrons. The minimum absolute atomic E-state index is 0.500. The number of hydrogen-bond acceptors (Lipinski definition) is 4. The van der Waals surface area contributed by atoms with Crippen LogP contribution in [-0.4, -0.2) is 9.97 Å². The van der Waals surface area contributed by atoms with Gasteiger partial charge in [0.1, 0.15) is 16.7 Å². The summed E-state index contributed by atoms with van der Waals surface area (Å²) in [5, 5.41) is 13.6. The number of aromatic amines is 1. The van der Waals surface area contributed by atoms with E-state index >= 15 is 0 Å². The molecule has 4 aromatic rings. The Kier molecular flexibility index (Phi) is 4.80. The normalized spacial score (nSPS) is 15.2. The van der Waals surface area contributed by atoms with E-state index in [2.05, 4.69) is 26.3 Å². The molecule has 0 saturated heterocycles. The largest absolute Gasteiger partial charge is 0.337 e. The minimum atomic E-state index is 0.500. The summed E-state index contributed by atoms with van der Waals surface area (Å²) in [4.78, 5) is 10.0. The van der Waals surface area contributed by atoms with Crippen LogP contribution in [0.2, 0.25) is 5.02 Å². The fourth-order valence-electron chi connectivity index (χ4n) is 3.42. The quantitative estimate of drug-likeness (QED) is 0.372. The number of anilines is 1. The van der Waals surface area contributed by atoms with Crippen molar-refractivity contribution in [3.8, 4) is 6.07 Å². The number of fused-ring (bicyclic) bond motifs is 1. The molecule has 0 fully saturated rings. The summed E-state index contributed by atoms with van der Waals surface area (Å²) >= 11 is 7.61. The van der Waals surface area contributed by atoms with Crippen LogP contribution in [0.1, 0.15) is 11.4 Å². The molecule has 5 rings (SSSR count). The molecule has 0 aliphatic carbocycles. The molecule has 0 unspecified atom stereocenters. The summed E-state index contributed by atoms with van der Waals surface area (Å²) in [5.41, 5.74) is 5.22. The summed E-state index contributed by atoms with van der Waals surface area (Å²) < 4.78 is 0. The Morgan fingerprint density at radius 2 is 1.70 bits per heavy atom. The van der Waals surface area contributed by atoms with E-state index in [1.54, 1.807) is 0 Å². The lowest BCUT2D eigenvalue weighted by atomic mass is 10.1. The summed E-state index contributed by atoms with van der Waals surface area (Å²) in [6, 6.07) is 27.9. The average molecular weight is 427 g/mol. The Morgan fingerprint density at radius 3 is 2.43 bits per heavy atom. The lowest BCUT2D eigenvalue weighted by Crippen LogP contribution is -2.17. The fourth-order valence-corrected chi connectivity index (χ4v) is 4.58. The number of imidazole rings is 1. The van der Waals surface area contributed by atoms with Crippen molar-refractivity contribution in [3.05, 3.63) is 106 Å². The van der Waals surface area contributed by atoms with E-state index in [0.29, 0.717) is 16.4 Å². The number of rotatable bonds is 3. The van der Waals surface area contributed by atoms with Gasteiger partial charge in [0, 0.05) is 16.1 Å². The van der Waals surface area contributed by atoms with Gasteiger partial charge in [-0.2, -0.15) is 5.26 Å². The van der Waals surface area contributed by atoms with Gasteiger partial charge in [0.05, 0.1) is 16.7 Å². The number of allylic oxidation sites excluding steroid dienone is 1. The summed E-state index contributed by atoms with van der Waals surface area (Å²) in [6.45, 7) is 0. The SMILES string of the molecule is N#CC(=C1SC=C(c2ccc(Cl)cc2)N1c1ccccc1)c1nc2ccccc2[nH]1. The van der Waals surface area contributed by atoms with Crippen LogP contribution in [0.25, 0.3) is 22.3 Å². The monoisotopic (exact) mass is 426 g/mol. The number of aromatic nitrogens is 2. The van der Waals surface area contributed by atoms with Crippen LogP contribution in [0.3, 0.4) is 0 Å². The molecule has 0 spiro atoms. The van der Waals surface area contributed by atoms with E-state index in [9.17, 15) is 5.26 Å². The zero-order valence-corrected chi connectivity index (χ0v) is 17.3. The highest BCUT2D eigenvalue weighted by Gasteiger charge is 2.29. The van der Waals surface area contributed by atoms with E-state index in [1.807, 2.05) is 78.9 Å². The zero-order chi connectivity index (χ0) is 20.5. The first-order chi connectivity index (χ1) is 14.7. The standard InChI is InChI=1S/C24H15ClN4S/c25-17-12-10-16(11-13-17)22-15-30-24(29(22)18-6-2-1-3-7-18)19(14-26)23-27-20-8-4-5-9-21(20)28-23/h1-13,15H,(H,27,28). The Balaban J connectivity index is 1.68. The van der Waals surface area contributed by atoms with Gasteiger partial charge in [-0.05, 0) is 42.0 Å². The number of para-hydroxylation sites is 3. The molecule has 1 aromatic heterocycles. The second-order valence-corrected chi connectivity index (χ2v) is 7.99. The van der Waals surface area contributed by atoms with Crippen molar-refractivity contribution in [2.45, 2.75) is 0 Å². The molecular weight excluding hydrogens is 412 g/mol. The van der Waals surface area contributed by atoms with Gasteiger partial charge in [-0.25, -0.2) is 4.98 Å². The van der Waals surface area contributed by atoms with Crippen molar-refractivity contribution in [3.63, 3.8) is 0 Å². The van der Waals surface area contributed by atoms with Crippen molar-refractivity contribution in [1.29, 1.82) is 5.26 Å². The Hall–Kier alpha value is -3.46. The maximum atomic E-state index is 10.1. The van der Waals surface area contributed by atoms with Gasteiger partial charge in [0.25, 0.3) is 0 Å². The van der Waals surface area contributed by atoms with E-state index in [0.717, 1.165) is 33.0 Å². The number of benzene rings is 3. The highest BCUT2D eigenvalue weighted by molar-refractivity contribution is 8.06. The fraction of sp³-hybridized carbons (Fsp3) is 0. The number of nitrogens with one attached hydrogen (secondary N) is 1. The Bertz CT molecular complexity index is 1300. The summed E-state index contributed by atoms with van der Waals surface area (Å²) in [5.74, 6) is 0.563. The number of hydrogen-bond donors (Lipinski definition) is 1. The van der Waals surface area contributed by atoms with Crippen molar-refractivity contribution in [2.75, 3.05) is 4.90 Å². The highest BCUT2D eigenvalue weighted by atomic mass is 35.5. The predicted octanol–water partition coefficient (Wildman–Crippen LogP) is 6.66. The van der Waals surface area contributed by atoms with Crippen LogP contribution in [0, 0.1) is 11.3 Å². The second kappa shape index (κ2) is 7.75. The van der Waals surface area contributed by atoms with Crippen molar-refractivity contribution < 1.29 is 0 Å². The molecule has 4 nitrogen and oxygen atoms in total. The number of nitriles is 1. The topological polar surface area (TPSA) is 55.7 Å². The van der Waals surface area contributed by atoms with Crippen LogP contribution in [0.5, 0.6) is 0 Å². The molecule has 0 saturated carbocycles. The first-order valence-electron chi connectivity index (χ1n) is 9.32. The molecule has 1 aliphatic heterocycles. The first-order valence-corrected chi connectivity index (χ1v) is 10.6. The third-order valence-electron chi connectivity index (χ3n) is 4.83. The minimum Gasteiger partial charge on any atom is -0.337 e. The van der Waals surface area contributed by atoms with Crippen molar-refractivity contribution in [2.24, 2.45) is 0 Å². The molecule has 30 heavy (non-hydrogen) atoms. The van der Waals surface area contributed by atoms with Gasteiger partial charge in [0.15, 0.2) is 5.82 Å². The number of thioether (sulfide) groups is 1. The molecule has 0 radical (unpaired) electrons. The van der Waals surface area contributed by atoms with Gasteiger partial charge in [-0.1, -0.05) is 65.8 Å². The molecule has 0 amide bonds. The van der Waals surface area contributed by atoms with Crippen molar-refractivity contribution in [1.82, 2.24) is 9.97 Å². The van der Waals surface area contributed by atoms with Gasteiger partial charge in [-0.15, -0.1) is 0 Å². The van der Waals surface area contributed by atoms with Crippen LogP contribution >= 0.6 is 23.4 Å². The average Bonchev–Trinajstić information content (AvgIpc) is 3.40. The molecule has 3 aromatic carbocycles. The predicted molar refractivity (Wildman–Crippen MR) is 125 cm³/mol. The summed E-state index contributed by atoms with van der Waals surface area (Å²) in [6.07, 6.45) is 0. The van der Waals surface area contributed by atoms with E-state index in [-0.39, 0.29) is 0 Å². The molecule has 1 N–H and O–H groups in total. The number of nitrogens with zero attached hydrogens (tertiary/aromatic N) is 3. The Morgan fingerprint density at radius 1 is 0.967 bits per heavy atom. The van der Waals surface area contributed by atoms with Gasteiger partial charge < -0.3 is 9.88 Å². The zero-order valence-electron chi connectivity index (χ0n) is 15.7. The van der Waals surface area contributed by atoms with Gasteiger partial charge in [0.2, 0.25) is 0 Å². The van der Waals surface area contributed by atoms with Crippen molar-refractivity contribution >= 4 is 51.4 Å². The maximum absolute atomic E-state index is 10.1. The molecular formula is C24H15ClN4S. The van der Waals surface area contributed by atoms with Crippen LogP contribution in [0.15, 0.2) is 89.3 Å². The van der Waals surface area contributed by atoms with Crippen LogP contribution in [0.4, 0.5) is 5.69 Å². The molecule has 1 aliphatic rings. The molecule has 0 atom stereocenters. The smallest absolute Gasteiger partial charge is 0.151 e. The summed E-state index contributed by atoms with van der Waals surface area (Å²) in [7, 11) is 0. The maximum Gasteiger partial charge on any atom is 0.151 e. The van der Waals surface area contributed by atoms with Gasteiger partial charge >= 0.3 is 0 Å². The third kappa shape index (κ3) is 3.26. The number of H-pyrrole nitrogens is 1. The lowest BCUT2D eigenvalue weighted by Gasteiger charge is -2.24. The second-order valence-electron chi connectivity index (χ2n) is 6.69. The van der Waals surface area contributed by atoms with Crippen LogP contribution in [-0.2, 0) is 0 Å². The third-order valence-corrected chi connectivity index (χ3v) is 6.04. The van der Waals surface area contributed by atoms with Gasteiger partial charge in [-0.3, -0.25) is 0 Å². The molecule has 0 bridgehead atoms. The highest BCUT2D eigenvalue weighted by Crippen LogP contribution is 2.45. The van der Waals surface area contributed by atoms with E-state index < -0.39 is 0 Å². The molecule has 6 heteroatoms.